The Bertz CT molecular complexity index is 428. The molecule has 0 spiro atoms. The molecule has 0 aliphatic carbocycles. The Morgan fingerprint density at radius 2 is 1.89 bits per heavy atom. The van der Waals surface area contributed by atoms with Gasteiger partial charge in [-0.3, -0.25) is 0 Å². The average molecular weight is 267 g/mol. The zero-order valence-electron chi connectivity index (χ0n) is 11.8. The highest BCUT2D eigenvalue weighted by atomic mass is 19.1. The lowest BCUT2D eigenvalue weighted by atomic mass is 9.88. The van der Waals surface area contributed by atoms with Gasteiger partial charge in [0.05, 0.1) is 14.2 Å². The third kappa shape index (κ3) is 3.00. The normalized spacial score (nSPS) is 18.1. The quantitative estimate of drug-likeness (QED) is 0.908. The van der Waals surface area contributed by atoms with E-state index in [1.807, 2.05) is 6.07 Å². The van der Waals surface area contributed by atoms with Gasteiger partial charge >= 0.3 is 0 Å². The molecule has 1 N–H and O–H groups in total. The Labute approximate surface area is 114 Å². The predicted molar refractivity (Wildman–Crippen MR) is 73.9 cm³/mol. The van der Waals surface area contributed by atoms with Crippen LogP contribution in [0.4, 0.5) is 4.39 Å². The van der Waals surface area contributed by atoms with Crippen LogP contribution in [-0.4, -0.2) is 27.3 Å². The monoisotopic (exact) mass is 267 g/mol. The Hall–Kier alpha value is -1.29. The fourth-order valence-corrected chi connectivity index (χ4v) is 2.68. The fourth-order valence-electron chi connectivity index (χ4n) is 2.68. The summed E-state index contributed by atoms with van der Waals surface area (Å²) < 4.78 is 24.5. The summed E-state index contributed by atoms with van der Waals surface area (Å²) in [6.45, 7) is 3.53. The molecule has 0 radical (unpaired) electrons. The first kappa shape index (κ1) is 14.1. The Morgan fingerprint density at radius 3 is 2.42 bits per heavy atom. The number of benzene rings is 1. The van der Waals surface area contributed by atoms with Gasteiger partial charge in [-0.2, -0.15) is 0 Å². The van der Waals surface area contributed by atoms with E-state index < -0.39 is 6.17 Å². The number of hydrogen-bond acceptors (Lipinski definition) is 3. The second-order valence-corrected chi connectivity index (χ2v) is 4.99. The van der Waals surface area contributed by atoms with Gasteiger partial charge in [-0.05, 0) is 56.5 Å². The van der Waals surface area contributed by atoms with Crippen molar-refractivity contribution in [3.63, 3.8) is 0 Å². The van der Waals surface area contributed by atoms with E-state index in [1.54, 1.807) is 27.2 Å². The van der Waals surface area contributed by atoms with E-state index in [2.05, 4.69) is 5.32 Å². The van der Waals surface area contributed by atoms with Crippen molar-refractivity contribution in [1.29, 1.82) is 0 Å². The number of methoxy groups -OCH3 is 2. The van der Waals surface area contributed by atoms with Crippen molar-refractivity contribution in [3.05, 3.63) is 23.3 Å². The van der Waals surface area contributed by atoms with Crippen LogP contribution in [-0.2, 0) is 0 Å². The van der Waals surface area contributed by atoms with E-state index in [4.69, 9.17) is 9.47 Å². The number of alkyl halides is 1. The summed E-state index contributed by atoms with van der Waals surface area (Å²) in [6.07, 6.45) is 1.09. The maximum atomic E-state index is 13.6. The minimum atomic E-state index is -1.000. The smallest absolute Gasteiger partial charge is 0.164 e. The first-order chi connectivity index (χ1) is 9.17. The van der Waals surface area contributed by atoms with E-state index in [0.29, 0.717) is 17.2 Å². The highest BCUT2D eigenvalue weighted by molar-refractivity contribution is 5.51. The Balaban J connectivity index is 2.45. The molecule has 2 rings (SSSR count). The molecule has 1 atom stereocenters. The van der Waals surface area contributed by atoms with Gasteiger partial charge in [0.2, 0.25) is 0 Å². The molecule has 4 heteroatoms. The van der Waals surface area contributed by atoms with Crippen molar-refractivity contribution in [1.82, 2.24) is 5.32 Å². The van der Waals surface area contributed by atoms with Crippen molar-refractivity contribution < 1.29 is 13.9 Å². The standard InChI is InChI=1S/C15H22FNO2/c1-10(16)12-8-13(11-4-6-17-7-5-11)15(19-3)14(9-12)18-2/h8-11,17H,4-7H2,1-3H3. The predicted octanol–water partition coefficient (Wildman–Crippen LogP) is 3.20. The van der Waals surface area contributed by atoms with E-state index in [9.17, 15) is 4.39 Å². The van der Waals surface area contributed by atoms with Crippen LogP contribution >= 0.6 is 0 Å². The SMILES string of the molecule is COc1cc(C(C)F)cc(C2CCNCC2)c1OC. The second-order valence-electron chi connectivity index (χ2n) is 4.99. The lowest BCUT2D eigenvalue weighted by Gasteiger charge is -2.26. The largest absolute Gasteiger partial charge is 0.493 e. The van der Waals surface area contributed by atoms with Gasteiger partial charge in [-0.25, -0.2) is 4.39 Å². The van der Waals surface area contributed by atoms with Gasteiger partial charge in [-0.1, -0.05) is 0 Å². The first-order valence-corrected chi connectivity index (χ1v) is 6.78. The van der Waals surface area contributed by atoms with E-state index >= 15 is 0 Å². The number of ether oxygens (including phenoxy) is 2. The molecule has 0 bridgehead atoms. The van der Waals surface area contributed by atoms with Gasteiger partial charge in [0.1, 0.15) is 6.17 Å². The molecular formula is C15H22FNO2. The molecule has 106 valence electrons. The summed E-state index contributed by atoms with van der Waals surface area (Å²) in [7, 11) is 3.23. The molecule has 3 nitrogen and oxygen atoms in total. The maximum Gasteiger partial charge on any atom is 0.164 e. The highest BCUT2D eigenvalue weighted by Gasteiger charge is 2.23. The van der Waals surface area contributed by atoms with Crippen LogP contribution in [0, 0.1) is 0 Å². The third-order valence-electron chi connectivity index (χ3n) is 3.77. The summed E-state index contributed by atoms with van der Waals surface area (Å²) in [5, 5.41) is 3.34. The van der Waals surface area contributed by atoms with Gasteiger partial charge in [0, 0.05) is 5.56 Å². The lowest BCUT2D eigenvalue weighted by Crippen LogP contribution is -2.27. The minimum Gasteiger partial charge on any atom is -0.493 e. The second kappa shape index (κ2) is 6.24. The summed E-state index contributed by atoms with van der Waals surface area (Å²) in [5.41, 5.74) is 1.73. The number of rotatable bonds is 4. The van der Waals surface area contributed by atoms with Gasteiger partial charge in [0.15, 0.2) is 11.5 Å². The van der Waals surface area contributed by atoms with Crippen LogP contribution in [0.2, 0.25) is 0 Å². The van der Waals surface area contributed by atoms with Crippen LogP contribution in [0.1, 0.15) is 43.0 Å². The molecule has 1 unspecified atom stereocenters. The minimum absolute atomic E-state index is 0.406. The molecule has 19 heavy (non-hydrogen) atoms. The molecule has 1 aromatic carbocycles. The van der Waals surface area contributed by atoms with Crippen molar-refractivity contribution in [3.8, 4) is 11.5 Å². The van der Waals surface area contributed by atoms with Crippen molar-refractivity contribution in [2.24, 2.45) is 0 Å². The van der Waals surface area contributed by atoms with Crippen LogP contribution in [0.25, 0.3) is 0 Å². The van der Waals surface area contributed by atoms with Crippen LogP contribution in [0.15, 0.2) is 12.1 Å². The third-order valence-corrected chi connectivity index (χ3v) is 3.77. The number of nitrogens with one attached hydrogen (secondary N) is 1. The molecule has 1 aliphatic rings. The molecule has 1 heterocycles. The van der Waals surface area contributed by atoms with Gasteiger partial charge in [0.25, 0.3) is 0 Å². The van der Waals surface area contributed by atoms with Crippen LogP contribution in [0.5, 0.6) is 11.5 Å². The zero-order chi connectivity index (χ0) is 13.8. The summed E-state index contributed by atoms with van der Waals surface area (Å²) in [4.78, 5) is 0. The lowest BCUT2D eigenvalue weighted by molar-refractivity contribution is 0.337. The zero-order valence-corrected chi connectivity index (χ0v) is 11.8. The molecule has 0 saturated carbocycles. The molecule has 1 aliphatic heterocycles. The van der Waals surface area contributed by atoms with Crippen LogP contribution < -0.4 is 14.8 Å². The molecule has 0 amide bonds. The summed E-state index contributed by atoms with van der Waals surface area (Å²) in [6, 6.07) is 3.66. The average Bonchev–Trinajstić information content (AvgIpc) is 2.46. The van der Waals surface area contributed by atoms with E-state index in [0.717, 1.165) is 37.2 Å². The van der Waals surface area contributed by atoms with Crippen LogP contribution in [0.3, 0.4) is 0 Å². The Morgan fingerprint density at radius 1 is 1.21 bits per heavy atom. The number of halogens is 1. The molecule has 1 fully saturated rings. The molecular weight excluding hydrogens is 245 g/mol. The summed E-state index contributed by atoms with van der Waals surface area (Å²) >= 11 is 0. The molecule has 1 saturated heterocycles. The topological polar surface area (TPSA) is 30.5 Å². The van der Waals surface area contributed by atoms with Crippen molar-refractivity contribution in [2.75, 3.05) is 27.3 Å². The molecule has 0 aromatic heterocycles. The fraction of sp³-hybridized carbons (Fsp3) is 0.600. The maximum absolute atomic E-state index is 13.6. The molecule has 1 aromatic rings. The van der Waals surface area contributed by atoms with Crippen molar-refractivity contribution >= 4 is 0 Å². The number of hydrogen-bond donors (Lipinski definition) is 1. The Kier molecular flexibility index (Phi) is 4.64. The van der Waals surface area contributed by atoms with E-state index in [1.165, 1.54) is 0 Å². The van der Waals surface area contributed by atoms with E-state index in [-0.39, 0.29) is 0 Å². The highest BCUT2D eigenvalue weighted by Crippen LogP contribution is 2.41. The first-order valence-electron chi connectivity index (χ1n) is 6.78. The van der Waals surface area contributed by atoms with Crippen molar-refractivity contribution in [2.45, 2.75) is 31.9 Å². The number of piperidine rings is 1. The van der Waals surface area contributed by atoms with Gasteiger partial charge < -0.3 is 14.8 Å². The summed E-state index contributed by atoms with van der Waals surface area (Å²) in [5.74, 6) is 1.78. The van der Waals surface area contributed by atoms with Gasteiger partial charge in [-0.15, -0.1) is 0 Å².